The highest BCUT2D eigenvalue weighted by molar-refractivity contribution is 5.81. The van der Waals surface area contributed by atoms with Crippen LogP contribution in [-0.2, 0) is 0 Å². The maximum absolute atomic E-state index is 11.0. The molecular formula is C14H10N2O4. The summed E-state index contributed by atoms with van der Waals surface area (Å²) in [4.78, 5) is 10.2. The summed E-state index contributed by atoms with van der Waals surface area (Å²) in [6.45, 7) is 0. The van der Waals surface area contributed by atoms with Crippen LogP contribution in [0.2, 0.25) is 0 Å². The molecule has 0 aromatic heterocycles. The summed E-state index contributed by atoms with van der Waals surface area (Å²) in [5, 5.41) is 30.0. The molecule has 6 heteroatoms. The molecule has 2 rings (SSSR count). The SMILES string of the molecule is COc1ccccc1-c1ccc(C#N)c([N+](=O)[O-])c1O. The predicted molar refractivity (Wildman–Crippen MR) is 71.5 cm³/mol. The lowest BCUT2D eigenvalue weighted by atomic mass is 10.0. The fourth-order valence-electron chi connectivity index (χ4n) is 1.94. The molecular weight excluding hydrogens is 260 g/mol. The van der Waals surface area contributed by atoms with Crippen molar-refractivity contribution in [2.45, 2.75) is 0 Å². The van der Waals surface area contributed by atoms with Crippen LogP contribution < -0.4 is 4.74 Å². The largest absolute Gasteiger partial charge is 0.502 e. The van der Waals surface area contributed by atoms with E-state index in [0.717, 1.165) is 0 Å². The molecule has 0 heterocycles. The van der Waals surface area contributed by atoms with E-state index in [1.54, 1.807) is 30.3 Å². The van der Waals surface area contributed by atoms with E-state index in [0.29, 0.717) is 11.3 Å². The number of ether oxygens (including phenoxy) is 1. The summed E-state index contributed by atoms with van der Waals surface area (Å²) < 4.78 is 5.17. The van der Waals surface area contributed by atoms with E-state index in [1.807, 2.05) is 0 Å². The zero-order valence-corrected chi connectivity index (χ0v) is 10.5. The summed E-state index contributed by atoms with van der Waals surface area (Å²) >= 11 is 0. The zero-order chi connectivity index (χ0) is 14.7. The Labute approximate surface area is 114 Å². The van der Waals surface area contributed by atoms with Gasteiger partial charge in [0.25, 0.3) is 0 Å². The van der Waals surface area contributed by atoms with Crippen molar-refractivity contribution in [2.24, 2.45) is 0 Å². The number of para-hydroxylation sites is 1. The Balaban J connectivity index is 2.74. The monoisotopic (exact) mass is 270 g/mol. The van der Waals surface area contributed by atoms with Crippen LogP contribution >= 0.6 is 0 Å². The van der Waals surface area contributed by atoms with Gasteiger partial charge in [-0.05, 0) is 18.2 Å². The van der Waals surface area contributed by atoms with Crippen LogP contribution in [0.3, 0.4) is 0 Å². The van der Waals surface area contributed by atoms with E-state index < -0.39 is 16.4 Å². The number of methoxy groups -OCH3 is 1. The molecule has 0 aliphatic heterocycles. The molecule has 0 bridgehead atoms. The molecule has 0 atom stereocenters. The van der Waals surface area contributed by atoms with Crippen molar-refractivity contribution < 1.29 is 14.8 Å². The van der Waals surface area contributed by atoms with Crippen molar-refractivity contribution in [1.29, 1.82) is 5.26 Å². The van der Waals surface area contributed by atoms with E-state index in [2.05, 4.69) is 0 Å². The lowest BCUT2D eigenvalue weighted by Gasteiger charge is -2.10. The Morgan fingerprint density at radius 1 is 1.25 bits per heavy atom. The van der Waals surface area contributed by atoms with Crippen LogP contribution in [0.25, 0.3) is 11.1 Å². The molecule has 0 aliphatic carbocycles. The normalized spacial score (nSPS) is 9.80. The van der Waals surface area contributed by atoms with Crippen molar-refractivity contribution in [2.75, 3.05) is 7.11 Å². The number of nitriles is 1. The van der Waals surface area contributed by atoms with Gasteiger partial charge in [-0.15, -0.1) is 0 Å². The van der Waals surface area contributed by atoms with Gasteiger partial charge in [0.1, 0.15) is 17.4 Å². The molecule has 6 nitrogen and oxygen atoms in total. The van der Waals surface area contributed by atoms with Gasteiger partial charge in [-0.1, -0.05) is 18.2 Å². The number of aromatic hydroxyl groups is 1. The Bertz CT molecular complexity index is 720. The van der Waals surface area contributed by atoms with Gasteiger partial charge >= 0.3 is 5.69 Å². The Kier molecular flexibility index (Phi) is 3.53. The first-order chi connectivity index (χ1) is 9.60. The number of benzene rings is 2. The molecule has 2 aromatic carbocycles. The summed E-state index contributed by atoms with van der Waals surface area (Å²) in [5.74, 6) is -0.0691. The third kappa shape index (κ3) is 2.12. The molecule has 100 valence electrons. The molecule has 2 aromatic rings. The molecule has 0 fully saturated rings. The van der Waals surface area contributed by atoms with Gasteiger partial charge in [-0.2, -0.15) is 5.26 Å². The van der Waals surface area contributed by atoms with Crippen LogP contribution in [0.5, 0.6) is 11.5 Å². The van der Waals surface area contributed by atoms with E-state index in [-0.39, 0.29) is 11.1 Å². The van der Waals surface area contributed by atoms with Crippen LogP contribution in [0.15, 0.2) is 36.4 Å². The van der Waals surface area contributed by atoms with E-state index in [9.17, 15) is 15.2 Å². The molecule has 0 saturated carbocycles. The third-order valence-corrected chi connectivity index (χ3v) is 2.85. The fraction of sp³-hybridized carbons (Fsp3) is 0.0714. The number of phenols is 1. The second-order valence-electron chi connectivity index (χ2n) is 3.93. The molecule has 0 radical (unpaired) electrons. The van der Waals surface area contributed by atoms with Gasteiger partial charge in [0.15, 0.2) is 0 Å². The smallest absolute Gasteiger partial charge is 0.328 e. The van der Waals surface area contributed by atoms with Gasteiger partial charge < -0.3 is 9.84 Å². The van der Waals surface area contributed by atoms with Gasteiger partial charge in [0.2, 0.25) is 5.75 Å². The van der Waals surface area contributed by atoms with Gasteiger partial charge in [0, 0.05) is 11.1 Å². The van der Waals surface area contributed by atoms with Crippen molar-refractivity contribution in [3.05, 3.63) is 52.1 Å². The highest BCUT2D eigenvalue weighted by atomic mass is 16.6. The van der Waals surface area contributed by atoms with Crippen LogP contribution in [-0.4, -0.2) is 17.1 Å². The number of nitro groups is 1. The van der Waals surface area contributed by atoms with Crippen LogP contribution in [0, 0.1) is 21.4 Å². The van der Waals surface area contributed by atoms with Crippen molar-refractivity contribution in [3.8, 4) is 28.7 Å². The van der Waals surface area contributed by atoms with Gasteiger partial charge in [-0.3, -0.25) is 10.1 Å². The van der Waals surface area contributed by atoms with E-state index in [1.165, 1.54) is 19.2 Å². The summed E-state index contributed by atoms with van der Waals surface area (Å²) in [5.41, 5.74) is -0.0321. The highest BCUT2D eigenvalue weighted by Crippen LogP contribution is 2.42. The summed E-state index contributed by atoms with van der Waals surface area (Å²) in [6.07, 6.45) is 0. The average molecular weight is 270 g/mol. The Hall–Kier alpha value is -3.07. The number of rotatable bonds is 3. The Morgan fingerprint density at radius 3 is 2.55 bits per heavy atom. The first-order valence-electron chi connectivity index (χ1n) is 5.64. The molecule has 0 spiro atoms. The summed E-state index contributed by atoms with van der Waals surface area (Å²) in [7, 11) is 1.47. The molecule has 0 amide bonds. The quantitative estimate of drug-likeness (QED) is 0.683. The summed E-state index contributed by atoms with van der Waals surface area (Å²) in [6, 6.07) is 11.3. The van der Waals surface area contributed by atoms with Crippen LogP contribution in [0.1, 0.15) is 5.56 Å². The number of phenolic OH excluding ortho intramolecular Hbond substituents is 1. The van der Waals surface area contributed by atoms with Crippen molar-refractivity contribution in [1.82, 2.24) is 0 Å². The fourth-order valence-corrected chi connectivity index (χ4v) is 1.94. The second-order valence-corrected chi connectivity index (χ2v) is 3.93. The van der Waals surface area contributed by atoms with Crippen LogP contribution in [0.4, 0.5) is 5.69 Å². The van der Waals surface area contributed by atoms with Crippen molar-refractivity contribution >= 4 is 5.69 Å². The minimum atomic E-state index is -0.771. The molecule has 20 heavy (non-hydrogen) atoms. The standard InChI is InChI=1S/C14H10N2O4/c1-20-12-5-3-2-4-10(12)11-7-6-9(8-15)13(14(11)17)16(18)19/h2-7,17H,1H3. The van der Waals surface area contributed by atoms with Gasteiger partial charge in [0.05, 0.1) is 12.0 Å². The number of nitrogens with zero attached hydrogens (tertiary/aromatic N) is 2. The first-order valence-corrected chi connectivity index (χ1v) is 5.64. The minimum absolute atomic E-state index is 0.189. The van der Waals surface area contributed by atoms with E-state index in [4.69, 9.17) is 10.00 Å². The van der Waals surface area contributed by atoms with Crippen molar-refractivity contribution in [3.63, 3.8) is 0 Å². The number of hydrogen-bond donors (Lipinski definition) is 1. The maximum atomic E-state index is 11.0. The second kappa shape index (κ2) is 5.28. The number of hydrogen-bond acceptors (Lipinski definition) is 5. The molecule has 0 unspecified atom stereocenters. The molecule has 0 aliphatic rings. The number of nitro benzene ring substituents is 1. The lowest BCUT2D eigenvalue weighted by molar-refractivity contribution is -0.386. The van der Waals surface area contributed by atoms with Gasteiger partial charge in [-0.25, -0.2) is 0 Å². The highest BCUT2D eigenvalue weighted by Gasteiger charge is 2.24. The zero-order valence-electron chi connectivity index (χ0n) is 10.5. The lowest BCUT2D eigenvalue weighted by Crippen LogP contribution is -1.95. The van der Waals surface area contributed by atoms with E-state index >= 15 is 0 Å². The first kappa shape index (κ1) is 13.4. The predicted octanol–water partition coefficient (Wildman–Crippen LogP) is 2.85. The third-order valence-electron chi connectivity index (χ3n) is 2.85. The Morgan fingerprint density at radius 2 is 1.95 bits per heavy atom. The molecule has 0 saturated heterocycles. The maximum Gasteiger partial charge on any atom is 0.328 e. The topological polar surface area (TPSA) is 96.4 Å². The minimum Gasteiger partial charge on any atom is -0.502 e. The average Bonchev–Trinajstić information content (AvgIpc) is 2.46. The molecule has 1 N–H and O–H groups in total.